The van der Waals surface area contributed by atoms with E-state index in [0.29, 0.717) is 18.2 Å². The molecule has 2 heterocycles. The van der Waals surface area contributed by atoms with Crippen LogP contribution in [-0.2, 0) is 6.54 Å². The van der Waals surface area contributed by atoms with Crippen molar-refractivity contribution in [1.82, 2.24) is 9.97 Å². The van der Waals surface area contributed by atoms with Crippen LogP contribution < -0.4 is 10.6 Å². The van der Waals surface area contributed by atoms with E-state index in [9.17, 15) is 9.18 Å². The molecule has 5 nitrogen and oxygen atoms in total. The SMILES string of the molecule is CC(C)c1ccc(NC(=O)c2ccc(F)nc2NCc2ccncc2)cc1. The summed E-state index contributed by atoms with van der Waals surface area (Å²) in [6.07, 6.45) is 3.34. The van der Waals surface area contributed by atoms with Gasteiger partial charge in [-0.15, -0.1) is 0 Å². The topological polar surface area (TPSA) is 66.9 Å². The lowest BCUT2D eigenvalue weighted by Gasteiger charge is -2.12. The average Bonchev–Trinajstić information content (AvgIpc) is 2.67. The highest BCUT2D eigenvalue weighted by Gasteiger charge is 2.14. The van der Waals surface area contributed by atoms with E-state index in [1.54, 1.807) is 12.4 Å². The highest BCUT2D eigenvalue weighted by Crippen LogP contribution is 2.20. The number of nitrogens with one attached hydrogen (secondary N) is 2. The molecule has 0 saturated carbocycles. The number of hydrogen-bond acceptors (Lipinski definition) is 4. The minimum absolute atomic E-state index is 0.197. The molecule has 27 heavy (non-hydrogen) atoms. The Morgan fingerprint density at radius 1 is 1.04 bits per heavy atom. The summed E-state index contributed by atoms with van der Waals surface area (Å²) in [4.78, 5) is 20.4. The number of nitrogens with zero attached hydrogens (tertiary/aromatic N) is 2. The van der Waals surface area contributed by atoms with Gasteiger partial charge in [0.1, 0.15) is 5.82 Å². The molecule has 0 spiro atoms. The van der Waals surface area contributed by atoms with Crippen molar-refractivity contribution < 1.29 is 9.18 Å². The fourth-order valence-corrected chi connectivity index (χ4v) is 2.59. The molecule has 0 unspecified atom stereocenters. The Balaban J connectivity index is 1.75. The van der Waals surface area contributed by atoms with Gasteiger partial charge in [-0.2, -0.15) is 4.39 Å². The lowest BCUT2D eigenvalue weighted by molar-refractivity contribution is 0.102. The molecule has 0 aliphatic rings. The number of rotatable bonds is 6. The molecule has 138 valence electrons. The van der Waals surface area contributed by atoms with Gasteiger partial charge >= 0.3 is 0 Å². The fraction of sp³-hybridized carbons (Fsp3) is 0.190. The molecule has 0 aliphatic heterocycles. The number of halogens is 1. The molecule has 1 aromatic carbocycles. The van der Waals surface area contributed by atoms with Gasteiger partial charge < -0.3 is 10.6 Å². The Morgan fingerprint density at radius 2 is 1.74 bits per heavy atom. The van der Waals surface area contributed by atoms with Crippen LogP contribution in [0.2, 0.25) is 0 Å². The zero-order valence-corrected chi connectivity index (χ0v) is 15.2. The van der Waals surface area contributed by atoms with Gasteiger partial charge in [0.2, 0.25) is 5.95 Å². The van der Waals surface area contributed by atoms with Gasteiger partial charge in [-0.25, -0.2) is 4.98 Å². The standard InChI is InChI=1S/C21H21FN4O/c1-14(2)16-3-5-17(6-4-16)25-21(27)18-7-8-19(22)26-20(18)24-13-15-9-11-23-12-10-15/h3-12,14H,13H2,1-2H3,(H,24,26)(H,25,27). The van der Waals surface area contributed by atoms with Crippen LogP contribution in [-0.4, -0.2) is 15.9 Å². The molecule has 0 bridgehead atoms. The number of anilines is 2. The van der Waals surface area contributed by atoms with E-state index < -0.39 is 5.95 Å². The largest absolute Gasteiger partial charge is 0.365 e. The fourth-order valence-electron chi connectivity index (χ4n) is 2.59. The highest BCUT2D eigenvalue weighted by atomic mass is 19.1. The molecule has 1 amide bonds. The maximum Gasteiger partial charge on any atom is 0.259 e. The van der Waals surface area contributed by atoms with E-state index in [0.717, 1.165) is 5.56 Å². The number of amides is 1. The van der Waals surface area contributed by atoms with Crippen LogP contribution in [0, 0.1) is 5.95 Å². The lowest BCUT2D eigenvalue weighted by atomic mass is 10.0. The van der Waals surface area contributed by atoms with Crippen LogP contribution >= 0.6 is 0 Å². The highest BCUT2D eigenvalue weighted by molar-refractivity contribution is 6.07. The number of aromatic nitrogens is 2. The number of hydrogen-bond donors (Lipinski definition) is 2. The second kappa shape index (κ2) is 8.40. The Labute approximate surface area is 157 Å². The number of benzene rings is 1. The molecule has 3 rings (SSSR count). The second-order valence-electron chi connectivity index (χ2n) is 6.47. The molecule has 6 heteroatoms. The molecule has 0 atom stereocenters. The number of carbonyl (C=O) groups is 1. The molecular formula is C21H21FN4O. The Kier molecular flexibility index (Phi) is 5.76. The van der Waals surface area contributed by atoms with E-state index in [4.69, 9.17) is 0 Å². The van der Waals surface area contributed by atoms with E-state index >= 15 is 0 Å². The van der Waals surface area contributed by atoms with Gasteiger partial charge in [-0.05, 0) is 53.4 Å². The first-order valence-corrected chi connectivity index (χ1v) is 8.73. The zero-order valence-electron chi connectivity index (χ0n) is 15.2. The van der Waals surface area contributed by atoms with Crippen molar-refractivity contribution in [3.05, 3.63) is 83.6 Å². The predicted molar refractivity (Wildman–Crippen MR) is 104 cm³/mol. The third-order valence-electron chi connectivity index (χ3n) is 4.15. The quantitative estimate of drug-likeness (QED) is 0.627. The summed E-state index contributed by atoms with van der Waals surface area (Å²) in [5.41, 5.74) is 3.09. The third kappa shape index (κ3) is 4.88. The number of pyridine rings is 2. The minimum Gasteiger partial charge on any atom is -0.365 e. The predicted octanol–water partition coefficient (Wildman–Crippen LogP) is 4.60. The van der Waals surface area contributed by atoms with E-state index in [-0.39, 0.29) is 17.3 Å². The molecule has 2 aromatic heterocycles. The molecule has 2 N–H and O–H groups in total. The van der Waals surface area contributed by atoms with Crippen LogP contribution in [0.15, 0.2) is 60.9 Å². The van der Waals surface area contributed by atoms with Gasteiger partial charge in [0.15, 0.2) is 0 Å². The average molecular weight is 364 g/mol. The summed E-state index contributed by atoms with van der Waals surface area (Å²) in [6, 6.07) is 13.9. The van der Waals surface area contributed by atoms with Crippen molar-refractivity contribution in [1.29, 1.82) is 0 Å². The number of carbonyl (C=O) groups excluding carboxylic acids is 1. The summed E-state index contributed by atoms with van der Waals surface area (Å²) in [5, 5.41) is 5.85. The van der Waals surface area contributed by atoms with Crippen molar-refractivity contribution in [2.45, 2.75) is 26.3 Å². The molecular weight excluding hydrogens is 343 g/mol. The normalized spacial score (nSPS) is 10.7. The van der Waals surface area contributed by atoms with Crippen molar-refractivity contribution in [2.24, 2.45) is 0 Å². The van der Waals surface area contributed by atoms with E-state index in [1.165, 1.54) is 17.7 Å². The van der Waals surface area contributed by atoms with Crippen LogP contribution in [0.3, 0.4) is 0 Å². The molecule has 3 aromatic rings. The molecule has 0 fully saturated rings. The zero-order chi connectivity index (χ0) is 19.2. The molecule has 0 radical (unpaired) electrons. The Bertz CT molecular complexity index is 911. The Hall–Kier alpha value is -3.28. The summed E-state index contributed by atoms with van der Waals surface area (Å²) < 4.78 is 13.6. The first kappa shape index (κ1) is 18.5. The van der Waals surface area contributed by atoms with Crippen molar-refractivity contribution in [3.8, 4) is 0 Å². The van der Waals surface area contributed by atoms with Crippen LogP contribution in [0.1, 0.15) is 41.3 Å². The lowest BCUT2D eigenvalue weighted by Crippen LogP contribution is -2.16. The smallest absolute Gasteiger partial charge is 0.259 e. The van der Waals surface area contributed by atoms with Gasteiger partial charge in [-0.3, -0.25) is 9.78 Å². The van der Waals surface area contributed by atoms with Gasteiger partial charge in [0, 0.05) is 24.6 Å². The van der Waals surface area contributed by atoms with E-state index in [2.05, 4.69) is 34.4 Å². The van der Waals surface area contributed by atoms with Gasteiger partial charge in [0.25, 0.3) is 5.91 Å². The van der Waals surface area contributed by atoms with Gasteiger partial charge in [0.05, 0.1) is 5.56 Å². The Morgan fingerprint density at radius 3 is 2.41 bits per heavy atom. The summed E-state index contributed by atoms with van der Waals surface area (Å²) in [7, 11) is 0. The summed E-state index contributed by atoms with van der Waals surface area (Å²) in [6.45, 7) is 4.62. The van der Waals surface area contributed by atoms with E-state index in [1.807, 2.05) is 36.4 Å². The van der Waals surface area contributed by atoms with Crippen LogP contribution in [0.4, 0.5) is 15.9 Å². The third-order valence-corrected chi connectivity index (χ3v) is 4.15. The maximum atomic E-state index is 13.6. The van der Waals surface area contributed by atoms with Crippen molar-refractivity contribution >= 4 is 17.4 Å². The maximum absolute atomic E-state index is 13.6. The monoisotopic (exact) mass is 364 g/mol. The van der Waals surface area contributed by atoms with Crippen LogP contribution in [0.5, 0.6) is 0 Å². The first-order chi connectivity index (χ1) is 13.0. The van der Waals surface area contributed by atoms with Gasteiger partial charge in [-0.1, -0.05) is 26.0 Å². The molecule has 0 saturated heterocycles. The summed E-state index contributed by atoms with van der Waals surface area (Å²) in [5.74, 6) is -0.384. The van der Waals surface area contributed by atoms with Crippen molar-refractivity contribution in [2.75, 3.05) is 10.6 Å². The van der Waals surface area contributed by atoms with Crippen LogP contribution in [0.25, 0.3) is 0 Å². The second-order valence-corrected chi connectivity index (χ2v) is 6.47. The first-order valence-electron chi connectivity index (χ1n) is 8.73. The summed E-state index contributed by atoms with van der Waals surface area (Å²) >= 11 is 0. The molecule has 0 aliphatic carbocycles. The van der Waals surface area contributed by atoms with Crippen molar-refractivity contribution in [3.63, 3.8) is 0 Å². The minimum atomic E-state index is -0.648.